The Hall–Kier alpha value is -2.07. The number of nitrogens with one attached hydrogen (secondary N) is 1. The second-order valence-electron chi connectivity index (χ2n) is 6.42. The zero-order valence-electron chi connectivity index (χ0n) is 14.8. The fraction of sp³-hybridized carbons (Fsp3) is 0.474. The van der Waals surface area contributed by atoms with Crippen LogP contribution in [0.1, 0.15) is 43.4 Å². The number of hydrogen-bond donors (Lipinski definition) is 2. The number of rotatable bonds is 5. The van der Waals surface area contributed by atoms with Crippen molar-refractivity contribution < 1.29 is 9.84 Å². The third kappa shape index (κ3) is 5.21. The van der Waals surface area contributed by atoms with Gasteiger partial charge in [-0.05, 0) is 32.3 Å². The monoisotopic (exact) mass is 374 g/mol. The van der Waals surface area contributed by atoms with E-state index in [-0.39, 0.29) is 6.10 Å². The van der Waals surface area contributed by atoms with E-state index in [9.17, 15) is 5.11 Å². The van der Waals surface area contributed by atoms with Crippen molar-refractivity contribution in [2.75, 3.05) is 25.1 Å². The summed E-state index contributed by atoms with van der Waals surface area (Å²) < 4.78 is 7.37. The molecule has 0 amide bonds. The molecule has 7 heteroatoms. The van der Waals surface area contributed by atoms with Crippen molar-refractivity contribution in [1.29, 1.82) is 0 Å². The van der Waals surface area contributed by atoms with Crippen LogP contribution in [-0.4, -0.2) is 45.7 Å². The average molecular weight is 375 g/mol. The second-order valence-corrected chi connectivity index (χ2v) is 6.81. The molecule has 3 rings (SSSR count). The van der Waals surface area contributed by atoms with E-state index < -0.39 is 0 Å². The van der Waals surface area contributed by atoms with E-state index in [1.54, 1.807) is 25.4 Å². The van der Waals surface area contributed by atoms with E-state index >= 15 is 0 Å². The van der Waals surface area contributed by atoms with Crippen molar-refractivity contribution >= 4 is 17.3 Å². The van der Waals surface area contributed by atoms with Crippen molar-refractivity contribution in [3.63, 3.8) is 0 Å². The maximum atomic E-state index is 9.39. The summed E-state index contributed by atoms with van der Waals surface area (Å²) in [6.45, 7) is 3.96. The van der Waals surface area contributed by atoms with E-state index in [1.807, 2.05) is 10.9 Å². The van der Waals surface area contributed by atoms with Gasteiger partial charge < -0.3 is 15.2 Å². The minimum Gasteiger partial charge on any atom is -0.393 e. The van der Waals surface area contributed by atoms with Crippen LogP contribution < -0.4 is 5.32 Å². The molecule has 0 unspecified atom stereocenters. The largest absolute Gasteiger partial charge is 0.393 e. The molecule has 0 saturated carbocycles. The van der Waals surface area contributed by atoms with Crippen LogP contribution in [0, 0.1) is 11.8 Å². The van der Waals surface area contributed by atoms with Crippen LogP contribution in [0.4, 0.5) is 5.69 Å². The Morgan fingerprint density at radius 2 is 2.19 bits per heavy atom. The molecule has 2 aromatic rings. The quantitative estimate of drug-likeness (QED) is 0.622. The Morgan fingerprint density at radius 3 is 2.96 bits per heavy atom. The molecule has 1 fully saturated rings. The Kier molecular flexibility index (Phi) is 6.51. The summed E-state index contributed by atoms with van der Waals surface area (Å²) in [7, 11) is 0. The molecule has 1 saturated heterocycles. The molecule has 1 atom stereocenters. The Balaban J connectivity index is 1.72. The standard InChI is InChI=1S/C19H23ClN4O2/c1-14(25)4-7-21-18-10-19(20)22-12-16(18)3-2-15-11-23-24(13-15)17-5-8-26-9-6-17/h10-14,17,25H,4-9H2,1H3,(H,21,22)/t14-/m1/s1. The second kappa shape index (κ2) is 9.04. The lowest BCUT2D eigenvalue weighted by Gasteiger charge is -2.22. The first-order valence-electron chi connectivity index (χ1n) is 8.83. The Morgan fingerprint density at radius 1 is 1.38 bits per heavy atom. The molecule has 26 heavy (non-hydrogen) atoms. The highest BCUT2D eigenvalue weighted by atomic mass is 35.5. The summed E-state index contributed by atoms with van der Waals surface area (Å²) in [4.78, 5) is 4.11. The number of aliphatic hydroxyl groups is 1. The lowest BCUT2D eigenvalue weighted by Crippen LogP contribution is -2.19. The molecule has 1 aliphatic rings. The fourth-order valence-corrected chi connectivity index (χ4v) is 2.94. The van der Waals surface area contributed by atoms with E-state index in [1.165, 1.54) is 0 Å². The first kappa shape index (κ1) is 18.7. The van der Waals surface area contributed by atoms with Gasteiger partial charge in [0, 0.05) is 32.2 Å². The van der Waals surface area contributed by atoms with Gasteiger partial charge in [-0.15, -0.1) is 0 Å². The van der Waals surface area contributed by atoms with E-state index in [0.717, 1.165) is 42.9 Å². The summed E-state index contributed by atoms with van der Waals surface area (Å²) >= 11 is 5.99. The summed E-state index contributed by atoms with van der Waals surface area (Å²) in [6.07, 6.45) is 7.66. The summed E-state index contributed by atoms with van der Waals surface area (Å²) in [5.74, 6) is 6.28. The maximum Gasteiger partial charge on any atom is 0.131 e. The molecule has 0 spiro atoms. The molecule has 1 aliphatic heterocycles. The smallest absolute Gasteiger partial charge is 0.131 e. The lowest BCUT2D eigenvalue weighted by molar-refractivity contribution is 0.0662. The number of anilines is 1. The van der Waals surface area contributed by atoms with Crippen molar-refractivity contribution in [3.8, 4) is 11.8 Å². The molecule has 138 valence electrons. The van der Waals surface area contributed by atoms with Crippen molar-refractivity contribution in [2.24, 2.45) is 0 Å². The first-order valence-corrected chi connectivity index (χ1v) is 9.21. The highest BCUT2D eigenvalue weighted by Gasteiger charge is 2.16. The zero-order valence-corrected chi connectivity index (χ0v) is 15.5. The highest BCUT2D eigenvalue weighted by Crippen LogP contribution is 2.21. The molecule has 2 aromatic heterocycles. The molecule has 2 N–H and O–H groups in total. The third-order valence-electron chi connectivity index (χ3n) is 4.26. The Labute approximate surface area is 158 Å². The lowest BCUT2D eigenvalue weighted by atomic mass is 10.1. The maximum absolute atomic E-state index is 9.39. The predicted octanol–water partition coefficient (Wildman–Crippen LogP) is 2.87. The minimum atomic E-state index is -0.356. The Bertz CT molecular complexity index is 788. The number of nitrogens with zero attached hydrogens (tertiary/aromatic N) is 3. The first-order chi connectivity index (χ1) is 12.6. The van der Waals surface area contributed by atoms with Crippen LogP contribution in [0.25, 0.3) is 0 Å². The number of hydrogen-bond acceptors (Lipinski definition) is 5. The molecule has 6 nitrogen and oxygen atoms in total. The number of pyridine rings is 1. The normalized spacial score (nSPS) is 16.0. The van der Waals surface area contributed by atoms with Crippen LogP contribution >= 0.6 is 11.6 Å². The van der Waals surface area contributed by atoms with Gasteiger partial charge in [-0.25, -0.2) is 4.98 Å². The number of ether oxygens (including phenoxy) is 1. The van der Waals surface area contributed by atoms with Crippen LogP contribution in [0.2, 0.25) is 5.15 Å². The summed E-state index contributed by atoms with van der Waals surface area (Å²) in [5, 5.41) is 17.5. The third-order valence-corrected chi connectivity index (χ3v) is 4.46. The van der Waals surface area contributed by atoms with Crippen LogP contribution in [0.5, 0.6) is 0 Å². The molecular weight excluding hydrogens is 352 g/mol. The number of aliphatic hydroxyl groups excluding tert-OH is 1. The molecule has 0 radical (unpaired) electrons. The van der Waals surface area contributed by atoms with Crippen molar-refractivity contribution in [2.45, 2.75) is 38.3 Å². The number of halogens is 1. The van der Waals surface area contributed by atoms with E-state index in [0.29, 0.717) is 24.2 Å². The minimum absolute atomic E-state index is 0.356. The van der Waals surface area contributed by atoms with Gasteiger partial charge in [0.1, 0.15) is 5.15 Å². The van der Waals surface area contributed by atoms with E-state index in [4.69, 9.17) is 16.3 Å². The predicted molar refractivity (Wildman–Crippen MR) is 101 cm³/mol. The van der Waals surface area contributed by atoms with Crippen molar-refractivity contribution in [1.82, 2.24) is 14.8 Å². The highest BCUT2D eigenvalue weighted by molar-refractivity contribution is 6.29. The van der Waals surface area contributed by atoms with Gasteiger partial charge in [0.2, 0.25) is 0 Å². The summed E-state index contributed by atoms with van der Waals surface area (Å²) in [5.41, 5.74) is 2.44. The average Bonchev–Trinajstić information content (AvgIpc) is 3.10. The van der Waals surface area contributed by atoms with Crippen molar-refractivity contribution in [3.05, 3.63) is 40.9 Å². The fourth-order valence-electron chi connectivity index (χ4n) is 2.78. The zero-order chi connectivity index (χ0) is 18.4. The SMILES string of the molecule is C[C@@H](O)CCNc1cc(Cl)ncc1C#Cc1cnn(C2CCOCC2)c1. The van der Waals surface area contributed by atoms with Gasteiger partial charge in [0.15, 0.2) is 0 Å². The van der Waals surface area contributed by atoms with Gasteiger partial charge in [-0.2, -0.15) is 5.10 Å². The molecular formula is C19H23ClN4O2. The topological polar surface area (TPSA) is 72.2 Å². The van der Waals surface area contributed by atoms with Crippen LogP contribution in [-0.2, 0) is 4.74 Å². The number of aromatic nitrogens is 3. The van der Waals surface area contributed by atoms with Gasteiger partial charge in [0.25, 0.3) is 0 Å². The van der Waals surface area contributed by atoms with E-state index in [2.05, 4.69) is 27.2 Å². The summed E-state index contributed by atoms with van der Waals surface area (Å²) in [6, 6.07) is 2.13. The van der Waals surface area contributed by atoms with Gasteiger partial charge >= 0.3 is 0 Å². The van der Waals surface area contributed by atoms with Gasteiger partial charge in [-0.3, -0.25) is 4.68 Å². The van der Waals surface area contributed by atoms with Crippen LogP contribution in [0.15, 0.2) is 24.7 Å². The van der Waals surface area contributed by atoms with Crippen LogP contribution in [0.3, 0.4) is 0 Å². The van der Waals surface area contributed by atoms with Gasteiger partial charge in [0.05, 0.1) is 35.2 Å². The molecule has 3 heterocycles. The molecule has 0 aromatic carbocycles. The van der Waals surface area contributed by atoms with Gasteiger partial charge in [-0.1, -0.05) is 23.4 Å². The molecule has 0 bridgehead atoms. The molecule has 0 aliphatic carbocycles.